The van der Waals surface area contributed by atoms with E-state index < -0.39 is 0 Å². The van der Waals surface area contributed by atoms with E-state index in [1.54, 1.807) is 4.90 Å². The van der Waals surface area contributed by atoms with E-state index in [9.17, 15) is 14.4 Å². The van der Waals surface area contributed by atoms with Crippen molar-refractivity contribution in [3.8, 4) is 0 Å². The predicted octanol–water partition coefficient (Wildman–Crippen LogP) is 2.90. The number of hydrogen-bond donors (Lipinski definition) is 2. The number of nitrogens with zero attached hydrogens (tertiary/aromatic N) is 1. The van der Waals surface area contributed by atoms with Gasteiger partial charge >= 0.3 is 0 Å². The molecule has 2 N–H and O–H groups in total. The first kappa shape index (κ1) is 19.7. The average Bonchev–Trinajstić information content (AvgIpc) is 3.23. The highest BCUT2D eigenvalue weighted by Gasteiger charge is 2.34. The number of hydrogen-bond acceptors (Lipinski definition) is 3. The Bertz CT molecular complexity index is 946. The van der Waals surface area contributed by atoms with Crippen LogP contribution >= 0.6 is 0 Å². The SMILES string of the molecule is O=C(NC1CCCCC1)[C@@H]1CCCN1C(=O)CCc1cc2ccccc2[nH]c1=O. The lowest BCUT2D eigenvalue weighted by Gasteiger charge is -2.28. The van der Waals surface area contributed by atoms with Crippen LogP contribution in [0.5, 0.6) is 0 Å². The number of pyridine rings is 1. The van der Waals surface area contributed by atoms with E-state index in [4.69, 9.17) is 0 Å². The van der Waals surface area contributed by atoms with Crippen molar-refractivity contribution in [2.24, 2.45) is 0 Å². The number of aromatic amines is 1. The first-order valence-corrected chi connectivity index (χ1v) is 10.8. The maximum Gasteiger partial charge on any atom is 0.251 e. The third-order valence-electron chi connectivity index (χ3n) is 6.27. The Balaban J connectivity index is 1.38. The van der Waals surface area contributed by atoms with Gasteiger partial charge < -0.3 is 15.2 Å². The topological polar surface area (TPSA) is 82.3 Å². The third kappa shape index (κ3) is 4.52. The molecule has 0 unspecified atom stereocenters. The summed E-state index contributed by atoms with van der Waals surface area (Å²) in [4.78, 5) is 42.5. The average molecular weight is 396 g/mol. The zero-order valence-corrected chi connectivity index (χ0v) is 16.8. The molecular weight excluding hydrogens is 366 g/mol. The van der Waals surface area contributed by atoms with Gasteiger partial charge in [-0.1, -0.05) is 37.5 Å². The van der Waals surface area contributed by atoms with Gasteiger partial charge in [0.15, 0.2) is 0 Å². The maximum absolute atomic E-state index is 12.8. The number of benzene rings is 1. The molecule has 0 radical (unpaired) electrons. The molecule has 1 saturated carbocycles. The van der Waals surface area contributed by atoms with Crippen molar-refractivity contribution in [1.29, 1.82) is 0 Å². The molecule has 6 nitrogen and oxygen atoms in total. The lowest BCUT2D eigenvalue weighted by molar-refractivity contribution is -0.138. The Labute approximate surface area is 170 Å². The number of para-hydroxylation sites is 1. The summed E-state index contributed by atoms with van der Waals surface area (Å²) in [7, 11) is 0. The zero-order valence-electron chi connectivity index (χ0n) is 16.8. The quantitative estimate of drug-likeness (QED) is 0.817. The number of fused-ring (bicyclic) bond motifs is 1. The van der Waals surface area contributed by atoms with E-state index in [1.807, 2.05) is 30.3 Å². The highest BCUT2D eigenvalue weighted by Crippen LogP contribution is 2.22. The largest absolute Gasteiger partial charge is 0.352 e. The highest BCUT2D eigenvalue weighted by molar-refractivity contribution is 5.88. The molecule has 1 aliphatic heterocycles. The molecule has 1 aromatic heterocycles. The van der Waals surface area contributed by atoms with Crippen molar-refractivity contribution in [3.05, 3.63) is 46.2 Å². The van der Waals surface area contributed by atoms with Crippen LogP contribution in [0.4, 0.5) is 0 Å². The van der Waals surface area contributed by atoms with Crippen molar-refractivity contribution >= 4 is 22.7 Å². The van der Waals surface area contributed by atoms with E-state index in [0.717, 1.165) is 36.6 Å². The van der Waals surface area contributed by atoms with Crippen LogP contribution < -0.4 is 10.9 Å². The van der Waals surface area contributed by atoms with E-state index in [1.165, 1.54) is 19.3 Å². The molecule has 1 aromatic carbocycles. The molecular formula is C23H29N3O3. The fourth-order valence-electron chi connectivity index (χ4n) is 4.65. The molecule has 1 atom stereocenters. The molecule has 2 amide bonds. The molecule has 154 valence electrons. The molecule has 2 heterocycles. The summed E-state index contributed by atoms with van der Waals surface area (Å²) in [5, 5.41) is 4.12. The Morgan fingerprint density at radius 2 is 1.86 bits per heavy atom. The zero-order chi connectivity index (χ0) is 20.2. The van der Waals surface area contributed by atoms with E-state index >= 15 is 0 Å². The smallest absolute Gasteiger partial charge is 0.251 e. The Morgan fingerprint density at radius 1 is 1.07 bits per heavy atom. The number of amides is 2. The Kier molecular flexibility index (Phi) is 5.97. The van der Waals surface area contributed by atoms with Crippen LogP contribution in [0.3, 0.4) is 0 Å². The number of carbonyl (C=O) groups excluding carboxylic acids is 2. The molecule has 2 aromatic rings. The molecule has 1 saturated heterocycles. The minimum atomic E-state index is -0.362. The number of aromatic nitrogens is 1. The number of aryl methyl sites for hydroxylation is 1. The van der Waals surface area contributed by atoms with Crippen molar-refractivity contribution < 1.29 is 9.59 Å². The molecule has 6 heteroatoms. The van der Waals surface area contributed by atoms with Crippen molar-refractivity contribution in [3.63, 3.8) is 0 Å². The van der Waals surface area contributed by atoms with Crippen LogP contribution in [0.1, 0.15) is 56.9 Å². The third-order valence-corrected chi connectivity index (χ3v) is 6.27. The van der Waals surface area contributed by atoms with Gasteiger partial charge in [-0.25, -0.2) is 0 Å². The second-order valence-electron chi connectivity index (χ2n) is 8.30. The van der Waals surface area contributed by atoms with E-state index in [0.29, 0.717) is 18.5 Å². The normalized spacial score (nSPS) is 20.1. The Morgan fingerprint density at radius 3 is 2.69 bits per heavy atom. The van der Waals surface area contributed by atoms with Gasteiger partial charge in [0.25, 0.3) is 5.56 Å². The predicted molar refractivity (Wildman–Crippen MR) is 113 cm³/mol. The summed E-state index contributed by atoms with van der Waals surface area (Å²) in [6, 6.07) is 9.37. The number of nitrogens with one attached hydrogen (secondary N) is 2. The standard InChI is InChI=1S/C23H29N3O3/c27-21(13-12-17-15-16-7-4-5-10-19(16)25-22(17)28)26-14-6-11-20(26)23(29)24-18-8-2-1-3-9-18/h4-5,7,10,15,18,20H,1-3,6,8-9,11-14H2,(H,24,29)(H,25,28)/t20-/m0/s1. The number of carbonyl (C=O) groups is 2. The second kappa shape index (κ2) is 8.80. The van der Waals surface area contributed by atoms with Crippen molar-refractivity contribution in [2.45, 2.75) is 69.9 Å². The Hall–Kier alpha value is -2.63. The van der Waals surface area contributed by atoms with Crippen LogP contribution in [0.2, 0.25) is 0 Å². The second-order valence-corrected chi connectivity index (χ2v) is 8.30. The number of H-pyrrole nitrogens is 1. The summed E-state index contributed by atoms with van der Waals surface area (Å²) in [6.45, 7) is 0.621. The minimum Gasteiger partial charge on any atom is -0.352 e. The van der Waals surface area contributed by atoms with Gasteiger partial charge in [-0.05, 0) is 49.6 Å². The van der Waals surface area contributed by atoms with Gasteiger partial charge in [-0.15, -0.1) is 0 Å². The van der Waals surface area contributed by atoms with Gasteiger partial charge in [0.1, 0.15) is 6.04 Å². The first-order valence-electron chi connectivity index (χ1n) is 10.8. The summed E-state index contributed by atoms with van der Waals surface area (Å²) >= 11 is 0. The minimum absolute atomic E-state index is 0.00805. The van der Waals surface area contributed by atoms with Crippen LogP contribution in [0.25, 0.3) is 10.9 Å². The molecule has 29 heavy (non-hydrogen) atoms. The van der Waals surface area contributed by atoms with Crippen molar-refractivity contribution in [1.82, 2.24) is 15.2 Å². The molecule has 4 rings (SSSR count). The van der Waals surface area contributed by atoms with Gasteiger partial charge in [0.2, 0.25) is 11.8 Å². The number of rotatable bonds is 5. The van der Waals surface area contributed by atoms with Crippen molar-refractivity contribution in [2.75, 3.05) is 6.54 Å². The van der Waals surface area contributed by atoms with Gasteiger partial charge in [0.05, 0.1) is 0 Å². The lowest BCUT2D eigenvalue weighted by Crippen LogP contribution is -2.49. The summed E-state index contributed by atoms with van der Waals surface area (Å²) in [5.74, 6) is -0.0508. The fourth-order valence-corrected chi connectivity index (χ4v) is 4.65. The van der Waals surface area contributed by atoms with Crippen LogP contribution in [-0.4, -0.2) is 40.3 Å². The van der Waals surface area contributed by atoms with E-state index in [2.05, 4.69) is 10.3 Å². The molecule has 2 fully saturated rings. The molecule has 1 aliphatic carbocycles. The molecule has 0 bridgehead atoms. The van der Waals surface area contributed by atoms with Crippen LogP contribution in [0, 0.1) is 0 Å². The maximum atomic E-state index is 12.8. The molecule has 0 spiro atoms. The summed E-state index contributed by atoms with van der Waals surface area (Å²) < 4.78 is 0. The summed E-state index contributed by atoms with van der Waals surface area (Å²) in [5.41, 5.74) is 1.26. The number of likely N-dealkylation sites (tertiary alicyclic amines) is 1. The highest BCUT2D eigenvalue weighted by atomic mass is 16.2. The van der Waals surface area contributed by atoms with Gasteiger partial charge in [-0.3, -0.25) is 14.4 Å². The molecule has 2 aliphatic rings. The lowest BCUT2D eigenvalue weighted by atomic mass is 9.95. The van der Waals surface area contributed by atoms with Gasteiger partial charge in [-0.2, -0.15) is 0 Å². The van der Waals surface area contributed by atoms with E-state index in [-0.39, 0.29) is 35.9 Å². The van der Waals surface area contributed by atoms with Crippen LogP contribution in [0.15, 0.2) is 35.1 Å². The summed E-state index contributed by atoms with van der Waals surface area (Å²) in [6.07, 6.45) is 7.85. The fraction of sp³-hybridized carbons (Fsp3) is 0.522. The monoisotopic (exact) mass is 395 g/mol. The first-order chi connectivity index (χ1) is 14.1. The van der Waals surface area contributed by atoms with Crippen LogP contribution in [-0.2, 0) is 16.0 Å². The van der Waals surface area contributed by atoms with Gasteiger partial charge in [0, 0.05) is 30.1 Å².